The molecule has 3 aromatic carbocycles. The normalized spacial score (nSPS) is 10.5. The molecule has 3 aromatic rings. The van der Waals surface area contributed by atoms with E-state index in [1.807, 2.05) is 54.6 Å². The summed E-state index contributed by atoms with van der Waals surface area (Å²) >= 11 is 0. The highest BCUT2D eigenvalue weighted by Gasteiger charge is 2.06. The van der Waals surface area contributed by atoms with Crippen molar-refractivity contribution >= 4 is 0 Å². The molecule has 0 spiro atoms. The zero-order valence-electron chi connectivity index (χ0n) is 14.8. The maximum absolute atomic E-state index is 9.53. The quantitative estimate of drug-likeness (QED) is 0.622. The monoisotopic (exact) mass is 348 g/mol. The van der Waals surface area contributed by atoms with E-state index in [0.717, 1.165) is 24.2 Å². The van der Waals surface area contributed by atoms with Gasteiger partial charge in [0.25, 0.3) is 0 Å². The summed E-state index contributed by atoms with van der Waals surface area (Å²) in [6.45, 7) is 1.11. The second-order valence-corrected chi connectivity index (χ2v) is 6.10. The molecule has 0 aliphatic heterocycles. The molecule has 0 aromatic heterocycles. The van der Waals surface area contributed by atoms with Gasteiger partial charge >= 0.3 is 0 Å². The van der Waals surface area contributed by atoms with E-state index in [9.17, 15) is 5.11 Å². The molecule has 26 heavy (non-hydrogen) atoms. The van der Waals surface area contributed by atoms with Gasteiger partial charge in [-0.3, -0.25) is 0 Å². The van der Waals surface area contributed by atoms with Gasteiger partial charge in [-0.15, -0.1) is 0 Å². The molecule has 0 aliphatic rings. The first-order valence-electron chi connectivity index (χ1n) is 8.92. The zero-order valence-corrected chi connectivity index (χ0v) is 14.8. The van der Waals surface area contributed by atoms with Gasteiger partial charge in [-0.1, -0.05) is 60.7 Å². The summed E-state index contributed by atoms with van der Waals surface area (Å²) < 4.78 is 11.8. The molecule has 0 heterocycles. The lowest BCUT2D eigenvalue weighted by Crippen LogP contribution is -2.05. The van der Waals surface area contributed by atoms with Gasteiger partial charge in [0, 0.05) is 24.5 Å². The van der Waals surface area contributed by atoms with E-state index in [2.05, 4.69) is 24.3 Å². The Morgan fingerprint density at radius 1 is 0.654 bits per heavy atom. The van der Waals surface area contributed by atoms with Gasteiger partial charge in [0.05, 0.1) is 19.8 Å². The Morgan fingerprint density at radius 2 is 1.23 bits per heavy atom. The van der Waals surface area contributed by atoms with Crippen LogP contribution in [0.3, 0.4) is 0 Å². The number of benzene rings is 3. The lowest BCUT2D eigenvalue weighted by Gasteiger charge is -2.13. The lowest BCUT2D eigenvalue weighted by molar-refractivity contribution is 0.261. The smallest absolute Gasteiger partial charge is 0.128 e. The van der Waals surface area contributed by atoms with Gasteiger partial charge in [-0.2, -0.15) is 0 Å². The summed E-state index contributed by atoms with van der Waals surface area (Å²) in [5.41, 5.74) is 3.25. The van der Waals surface area contributed by atoms with Crippen LogP contribution in [-0.4, -0.2) is 18.3 Å². The van der Waals surface area contributed by atoms with Gasteiger partial charge in [-0.05, 0) is 23.3 Å². The Balaban J connectivity index is 1.55. The lowest BCUT2D eigenvalue weighted by atomic mass is 10.1. The minimum atomic E-state index is -0.0506. The molecule has 3 nitrogen and oxygen atoms in total. The fraction of sp³-hybridized carbons (Fsp3) is 0.217. The Bertz CT molecular complexity index is 785. The third-order valence-electron chi connectivity index (χ3n) is 4.20. The number of aliphatic hydroxyl groups is 1. The van der Waals surface area contributed by atoms with Crippen LogP contribution in [0.1, 0.15) is 16.7 Å². The second-order valence-electron chi connectivity index (χ2n) is 6.10. The Labute approximate surface area is 154 Å². The van der Waals surface area contributed by atoms with Crippen molar-refractivity contribution in [2.24, 2.45) is 0 Å². The van der Waals surface area contributed by atoms with E-state index in [-0.39, 0.29) is 6.61 Å². The van der Waals surface area contributed by atoms with Crippen LogP contribution < -0.4 is 9.47 Å². The fourth-order valence-electron chi connectivity index (χ4n) is 2.74. The van der Waals surface area contributed by atoms with Crippen molar-refractivity contribution in [2.75, 3.05) is 13.2 Å². The van der Waals surface area contributed by atoms with E-state index in [1.165, 1.54) is 11.1 Å². The summed E-state index contributed by atoms with van der Waals surface area (Å²) in [4.78, 5) is 0. The van der Waals surface area contributed by atoms with Crippen LogP contribution in [0.25, 0.3) is 0 Å². The molecular formula is C23H24O3. The maximum atomic E-state index is 9.53. The first-order chi connectivity index (χ1) is 12.8. The summed E-state index contributed by atoms with van der Waals surface area (Å²) in [6.07, 6.45) is 1.68. The molecule has 0 fully saturated rings. The van der Waals surface area contributed by atoms with Crippen molar-refractivity contribution in [2.45, 2.75) is 19.4 Å². The number of hydrogen-bond donors (Lipinski definition) is 1. The molecule has 0 radical (unpaired) electrons. The van der Waals surface area contributed by atoms with E-state index >= 15 is 0 Å². The van der Waals surface area contributed by atoms with Gasteiger partial charge in [0.1, 0.15) is 11.5 Å². The van der Waals surface area contributed by atoms with Gasteiger partial charge < -0.3 is 14.6 Å². The van der Waals surface area contributed by atoms with Gasteiger partial charge in [0.2, 0.25) is 0 Å². The first kappa shape index (κ1) is 18.0. The molecule has 0 bridgehead atoms. The van der Waals surface area contributed by atoms with Crippen molar-refractivity contribution in [1.82, 2.24) is 0 Å². The van der Waals surface area contributed by atoms with Crippen LogP contribution in [-0.2, 0) is 19.4 Å². The molecule has 0 aliphatic carbocycles. The molecule has 0 saturated carbocycles. The molecule has 134 valence electrons. The minimum Gasteiger partial charge on any atom is -0.493 e. The van der Waals surface area contributed by atoms with Crippen molar-refractivity contribution in [3.63, 3.8) is 0 Å². The predicted octanol–water partition coefficient (Wildman–Crippen LogP) is 4.42. The summed E-state index contributed by atoms with van der Waals surface area (Å²) in [5.74, 6) is 1.44. The molecule has 3 heteroatoms. The van der Waals surface area contributed by atoms with Gasteiger partial charge in [-0.25, -0.2) is 0 Å². The standard InChI is InChI=1S/C23H24O3/c24-18-21-11-12-22(25-15-13-19-7-3-1-4-8-19)17-23(21)26-16-14-20-9-5-2-6-10-20/h1-12,17,24H,13-16,18H2. The molecule has 3 rings (SSSR count). The van der Waals surface area contributed by atoms with Crippen LogP contribution in [0.2, 0.25) is 0 Å². The van der Waals surface area contributed by atoms with Crippen molar-refractivity contribution in [3.05, 3.63) is 95.6 Å². The van der Waals surface area contributed by atoms with Crippen LogP contribution >= 0.6 is 0 Å². The topological polar surface area (TPSA) is 38.7 Å². The Hall–Kier alpha value is -2.78. The molecule has 0 saturated heterocycles. The highest BCUT2D eigenvalue weighted by Crippen LogP contribution is 2.25. The van der Waals surface area contributed by atoms with Crippen molar-refractivity contribution in [1.29, 1.82) is 0 Å². The highest BCUT2D eigenvalue weighted by atomic mass is 16.5. The Kier molecular flexibility index (Phi) is 6.68. The molecule has 1 N–H and O–H groups in total. The predicted molar refractivity (Wildman–Crippen MR) is 104 cm³/mol. The van der Waals surface area contributed by atoms with E-state index < -0.39 is 0 Å². The third kappa shape index (κ3) is 5.36. The minimum absolute atomic E-state index is 0.0506. The summed E-state index contributed by atoms with van der Waals surface area (Å²) in [7, 11) is 0. The number of aliphatic hydroxyl groups excluding tert-OH is 1. The number of hydrogen-bond acceptors (Lipinski definition) is 3. The number of ether oxygens (including phenoxy) is 2. The molecule has 0 atom stereocenters. The average molecular weight is 348 g/mol. The number of rotatable bonds is 9. The summed E-state index contributed by atoms with van der Waals surface area (Å²) in [5, 5.41) is 9.53. The average Bonchev–Trinajstić information content (AvgIpc) is 2.70. The van der Waals surface area contributed by atoms with Crippen LogP contribution in [0.15, 0.2) is 78.9 Å². The zero-order chi connectivity index (χ0) is 18.0. The third-order valence-corrected chi connectivity index (χ3v) is 4.20. The first-order valence-corrected chi connectivity index (χ1v) is 8.92. The van der Waals surface area contributed by atoms with E-state index in [0.29, 0.717) is 19.0 Å². The SMILES string of the molecule is OCc1ccc(OCCc2ccccc2)cc1OCCc1ccccc1. The fourth-order valence-corrected chi connectivity index (χ4v) is 2.74. The highest BCUT2D eigenvalue weighted by molar-refractivity contribution is 5.40. The Morgan fingerprint density at radius 3 is 1.81 bits per heavy atom. The van der Waals surface area contributed by atoms with Crippen LogP contribution in [0.5, 0.6) is 11.5 Å². The van der Waals surface area contributed by atoms with Crippen LogP contribution in [0.4, 0.5) is 0 Å². The van der Waals surface area contributed by atoms with E-state index in [4.69, 9.17) is 9.47 Å². The van der Waals surface area contributed by atoms with Gasteiger partial charge in [0.15, 0.2) is 0 Å². The van der Waals surface area contributed by atoms with Crippen LogP contribution in [0, 0.1) is 0 Å². The largest absolute Gasteiger partial charge is 0.493 e. The molecular weight excluding hydrogens is 324 g/mol. The second kappa shape index (κ2) is 9.64. The molecule has 0 amide bonds. The molecule has 0 unspecified atom stereocenters. The van der Waals surface area contributed by atoms with Crippen molar-refractivity contribution < 1.29 is 14.6 Å². The van der Waals surface area contributed by atoms with E-state index in [1.54, 1.807) is 0 Å². The van der Waals surface area contributed by atoms with Crippen molar-refractivity contribution in [3.8, 4) is 11.5 Å². The summed E-state index contributed by atoms with van der Waals surface area (Å²) in [6, 6.07) is 26.1. The maximum Gasteiger partial charge on any atom is 0.128 e.